The average molecular weight is 517 g/mol. The maximum atomic E-state index is 13.0. The van der Waals surface area contributed by atoms with E-state index >= 15 is 0 Å². The number of epoxide rings is 1. The molecule has 10 nitrogen and oxygen atoms in total. The molecule has 10 heteroatoms. The number of aliphatic hydroxyl groups is 1. The van der Waals surface area contributed by atoms with Gasteiger partial charge in [-0.2, -0.15) is 0 Å². The zero-order valence-electron chi connectivity index (χ0n) is 21.4. The normalized spacial score (nSPS) is 34.7. The molecular weight excluding hydrogens is 484 g/mol. The molecule has 1 saturated carbocycles. The number of rotatable bonds is 7. The second kappa shape index (κ2) is 10.3. The summed E-state index contributed by atoms with van der Waals surface area (Å²) in [6.07, 6.45) is 2.84. The highest BCUT2D eigenvalue weighted by atomic mass is 16.6. The van der Waals surface area contributed by atoms with Crippen molar-refractivity contribution in [2.75, 3.05) is 19.8 Å². The van der Waals surface area contributed by atoms with Crippen molar-refractivity contribution in [2.45, 2.75) is 58.0 Å². The lowest BCUT2D eigenvalue weighted by Crippen LogP contribution is -2.41. The molecule has 0 aromatic carbocycles. The summed E-state index contributed by atoms with van der Waals surface area (Å²) >= 11 is 0. The molecular formula is C27H32O10. The first-order chi connectivity index (χ1) is 17.6. The molecule has 0 amide bonds. The van der Waals surface area contributed by atoms with Crippen LogP contribution in [0.3, 0.4) is 0 Å². The first-order valence-electron chi connectivity index (χ1n) is 12.3. The van der Waals surface area contributed by atoms with Crippen molar-refractivity contribution in [1.82, 2.24) is 0 Å². The van der Waals surface area contributed by atoms with Gasteiger partial charge < -0.3 is 28.8 Å². The summed E-state index contributed by atoms with van der Waals surface area (Å²) in [6.45, 7) is 9.96. The molecule has 0 unspecified atom stereocenters. The summed E-state index contributed by atoms with van der Waals surface area (Å²) in [7, 11) is 0. The molecule has 4 rings (SSSR count). The molecule has 2 heterocycles. The number of hydrogen-bond acceptors (Lipinski definition) is 10. The van der Waals surface area contributed by atoms with E-state index in [4.69, 9.17) is 23.7 Å². The van der Waals surface area contributed by atoms with Crippen LogP contribution in [-0.4, -0.2) is 72.7 Å². The number of carbonyl (C=O) groups is 4. The lowest BCUT2D eigenvalue weighted by atomic mass is 9.77. The second-order valence-corrected chi connectivity index (χ2v) is 9.82. The molecule has 4 aliphatic rings. The summed E-state index contributed by atoms with van der Waals surface area (Å²) in [5.41, 5.74) is 0.560. The fourth-order valence-corrected chi connectivity index (χ4v) is 5.75. The van der Waals surface area contributed by atoms with Gasteiger partial charge in [0.2, 0.25) is 0 Å². The van der Waals surface area contributed by atoms with Crippen LogP contribution in [-0.2, 0) is 42.9 Å². The summed E-state index contributed by atoms with van der Waals surface area (Å²) in [4.78, 5) is 49.6. The van der Waals surface area contributed by atoms with Crippen LogP contribution in [0.25, 0.3) is 0 Å². The highest BCUT2D eigenvalue weighted by molar-refractivity contribution is 5.92. The molecule has 0 bridgehead atoms. The Labute approximate surface area is 214 Å². The summed E-state index contributed by atoms with van der Waals surface area (Å²) in [5, 5.41) is 9.49. The van der Waals surface area contributed by atoms with Crippen LogP contribution in [0, 0.1) is 17.8 Å². The van der Waals surface area contributed by atoms with Gasteiger partial charge in [-0.15, -0.1) is 0 Å². The second-order valence-electron chi connectivity index (χ2n) is 9.82. The van der Waals surface area contributed by atoms with Gasteiger partial charge in [0.05, 0.1) is 30.3 Å². The SMILES string of the molecule is C=C1C(=O)O[C@@H]2[C@@H]3C(C)=C[C@@H](OC(=O)/C(=C/C)CO)[C@H]3[C@]3(CO3)C[C@H](OC(=O)/C(=C/C)COC(C)=O)[C@@H]12. The Morgan fingerprint density at radius 2 is 1.81 bits per heavy atom. The molecule has 1 N–H and O–H groups in total. The maximum absolute atomic E-state index is 13.0. The number of carbonyl (C=O) groups excluding carboxylic acids is 4. The van der Waals surface area contributed by atoms with Gasteiger partial charge in [-0.3, -0.25) is 4.79 Å². The van der Waals surface area contributed by atoms with Crippen LogP contribution in [0.15, 0.2) is 47.1 Å². The van der Waals surface area contributed by atoms with E-state index in [0.29, 0.717) is 6.61 Å². The highest BCUT2D eigenvalue weighted by Crippen LogP contribution is 2.58. The molecule has 37 heavy (non-hydrogen) atoms. The smallest absolute Gasteiger partial charge is 0.337 e. The summed E-state index contributed by atoms with van der Waals surface area (Å²) in [5.74, 6) is -3.83. The summed E-state index contributed by atoms with van der Waals surface area (Å²) < 4.78 is 28.4. The molecule has 7 atom stereocenters. The third-order valence-corrected chi connectivity index (χ3v) is 7.70. The Bertz CT molecular complexity index is 1110. The van der Waals surface area contributed by atoms with Crippen molar-refractivity contribution in [1.29, 1.82) is 0 Å². The van der Waals surface area contributed by atoms with Crippen molar-refractivity contribution in [3.63, 3.8) is 0 Å². The van der Waals surface area contributed by atoms with E-state index in [9.17, 15) is 24.3 Å². The number of hydrogen-bond donors (Lipinski definition) is 1. The van der Waals surface area contributed by atoms with Gasteiger partial charge in [0.1, 0.15) is 30.5 Å². The van der Waals surface area contributed by atoms with E-state index in [0.717, 1.165) is 5.57 Å². The van der Waals surface area contributed by atoms with E-state index in [1.807, 2.05) is 13.0 Å². The topological polar surface area (TPSA) is 138 Å². The van der Waals surface area contributed by atoms with Crippen LogP contribution >= 0.6 is 0 Å². The quantitative estimate of drug-likeness (QED) is 0.175. The third-order valence-electron chi connectivity index (χ3n) is 7.70. The van der Waals surface area contributed by atoms with Crippen molar-refractivity contribution in [3.05, 3.63) is 47.1 Å². The minimum Gasteiger partial charge on any atom is -0.461 e. The number of ether oxygens (including phenoxy) is 5. The molecule has 2 aliphatic heterocycles. The molecule has 2 saturated heterocycles. The van der Waals surface area contributed by atoms with Crippen LogP contribution in [0.2, 0.25) is 0 Å². The minimum absolute atomic E-state index is 0.130. The zero-order valence-corrected chi connectivity index (χ0v) is 21.4. The van der Waals surface area contributed by atoms with Gasteiger partial charge in [-0.05, 0) is 26.8 Å². The fraction of sp³-hybridized carbons (Fsp3) is 0.556. The van der Waals surface area contributed by atoms with E-state index in [2.05, 4.69) is 6.58 Å². The Morgan fingerprint density at radius 3 is 2.38 bits per heavy atom. The molecule has 1 spiro atoms. The lowest BCUT2D eigenvalue weighted by Gasteiger charge is -2.31. The Morgan fingerprint density at radius 1 is 1.16 bits per heavy atom. The number of aliphatic hydroxyl groups excluding tert-OH is 1. The molecule has 0 aromatic rings. The van der Waals surface area contributed by atoms with Crippen LogP contribution in [0.5, 0.6) is 0 Å². The van der Waals surface area contributed by atoms with Crippen molar-refractivity contribution >= 4 is 23.9 Å². The van der Waals surface area contributed by atoms with Crippen molar-refractivity contribution in [3.8, 4) is 0 Å². The van der Waals surface area contributed by atoms with Gasteiger partial charge >= 0.3 is 23.9 Å². The van der Waals surface area contributed by atoms with E-state index in [-0.39, 0.29) is 35.7 Å². The average Bonchev–Trinajstić information content (AvgIpc) is 3.47. The van der Waals surface area contributed by atoms with Crippen LogP contribution in [0.4, 0.5) is 0 Å². The van der Waals surface area contributed by atoms with Gasteiger partial charge in [-0.25, -0.2) is 14.4 Å². The van der Waals surface area contributed by atoms with E-state index in [1.165, 1.54) is 19.1 Å². The maximum Gasteiger partial charge on any atom is 0.337 e. The standard InChI is InChI=1S/C27H32O10/c1-6-16(10-28)25(31)35-18-8-13(3)20-22(18)27(12-34-27)9-19(21-14(4)24(30)37-23(20)21)36-26(32)17(7-2)11-33-15(5)29/h6-8,18-23,28H,4,9-12H2,1-3,5H3/b16-6+,17-7+/t18-,19+,20-,21-,22-,23-,27-/m1/s1. The monoisotopic (exact) mass is 516 g/mol. The summed E-state index contributed by atoms with van der Waals surface area (Å²) in [6, 6.07) is 0. The highest BCUT2D eigenvalue weighted by Gasteiger charge is 2.68. The zero-order chi connectivity index (χ0) is 27.1. The largest absolute Gasteiger partial charge is 0.461 e. The first-order valence-corrected chi connectivity index (χ1v) is 12.3. The predicted molar refractivity (Wildman–Crippen MR) is 128 cm³/mol. The Hall–Kier alpha value is -3.24. The lowest BCUT2D eigenvalue weighted by molar-refractivity contribution is -0.151. The van der Waals surface area contributed by atoms with Crippen LogP contribution in [0.1, 0.15) is 34.1 Å². The minimum atomic E-state index is -0.815. The predicted octanol–water partition coefficient (Wildman–Crippen LogP) is 1.72. The van der Waals surface area contributed by atoms with Crippen LogP contribution < -0.4 is 0 Å². The molecule has 0 radical (unpaired) electrons. The van der Waals surface area contributed by atoms with Crippen molar-refractivity contribution < 1.29 is 48.0 Å². The molecule has 2 aliphatic carbocycles. The molecule has 200 valence electrons. The molecule has 0 aromatic heterocycles. The van der Waals surface area contributed by atoms with E-state index in [1.54, 1.807) is 13.8 Å². The van der Waals surface area contributed by atoms with Gasteiger partial charge in [0.15, 0.2) is 0 Å². The number of fused-ring (bicyclic) bond motifs is 4. The number of allylic oxidation sites excluding steroid dienone is 2. The fourth-order valence-electron chi connectivity index (χ4n) is 5.75. The van der Waals surface area contributed by atoms with Gasteiger partial charge in [0.25, 0.3) is 0 Å². The van der Waals surface area contributed by atoms with Gasteiger partial charge in [0, 0.05) is 30.8 Å². The van der Waals surface area contributed by atoms with Crippen molar-refractivity contribution in [2.24, 2.45) is 17.8 Å². The Kier molecular flexibility index (Phi) is 7.43. The number of esters is 4. The third kappa shape index (κ3) is 4.87. The van der Waals surface area contributed by atoms with Gasteiger partial charge in [-0.1, -0.05) is 24.3 Å². The van der Waals surface area contributed by atoms with E-state index < -0.39 is 66.2 Å². The molecule has 3 fully saturated rings. The first kappa shape index (κ1) is 26.8. The Balaban J connectivity index is 1.65.